The van der Waals surface area contributed by atoms with Gasteiger partial charge < -0.3 is 10.4 Å². The van der Waals surface area contributed by atoms with Gasteiger partial charge in [-0.2, -0.15) is 10.2 Å². The summed E-state index contributed by atoms with van der Waals surface area (Å²) in [5.41, 5.74) is 0.477. The molecule has 0 fully saturated rings. The summed E-state index contributed by atoms with van der Waals surface area (Å²) in [6.45, 7) is 1.90. The summed E-state index contributed by atoms with van der Waals surface area (Å²) in [7, 11) is 0. The first-order valence-electron chi connectivity index (χ1n) is 4.42. The Morgan fingerprint density at radius 1 is 1.64 bits per heavy atom. The van der Waals surface area contributed by atoms with Crippen molar-refractivity contribution in [3.05, 3.63) is 24.0 Å². The van der Waals surface area contributed by atoms with E-state index in [1.165, 1.54) is 12.4 Å². The zero-order valence-corrected chi connectivity index (χ0v) is 7.97. The molecule has 1 amide bonds. The van der Waals surface area contributed by atoms with Gasteiger partial charge in [-0.05, 0) is 19.4 Å². The van der Waals surface area contributed by atoms with Crippen LogP contribution in [-0.2, 0) is 0 Å². The Hall–Kier alpha value is -1.49. The van der Waals surface area contributed by atoms with Crippen molar-refractivity contribution in [2.75, 3.05) is 6.61 Å². The standard InChI is InChI=1S/C9H13N3O2/c1-7(3-5-13)12-9(14)8-2-4-10-11-6-8/h2,4,6-7,13H,3,5H2,1H3,(H,12,14). The molecule has 0 saturated heterocycles. The van der Waals surface area contributed by atoms with E-state index in [9.17, 15) is 4.79 Å². The van der Waals surface area contributed by atoms with Crippen molar-refractivity contribution in [1.29, 1.82) is 0 Å². The third kappa shape index (κ3) is 3.10. The fourth-order valence-electron chi connectivity index (χ4n) is 0.998. The SMILES string of the molecule is CC(CCO)NC(=O)c1ccnnc1. The maximum absolute atomic E-state index is 11.5. The van der Waals surface area contributed by atoms with Crippen LogP contribution in [0.4, 0.5) is 0 Å². The monoisotopic (exact) mass is 195 g/mol. The van der Waals surface area contributed by atoms with Crippen LogP contribution in [0.2, 0.25) is 0 Å². The molecule has 0 saturated carbocycles. The largest absolute Gasteiger partial charge is 0.396 e. The van der Waals surface area contributed by atoms with Crippen molar-refractivity contribution in [2.45, 2.75) is 19.4 Å². The lowest BCUT2D eigenvalue weighted by atomic mass is 10.2. The summed E-state index contributed by atoms with van der Waals surface area (Å²) >= 11 is 0. The summed E-state index contributed by atoms with van der Waals surface area (Å²) in [6, 6.07) is 1.55. The maximum Gasteiger partial charge on any atom is 0.253 e. The van der Waals surface area contributed by atoms with Gasteiger partial charge in [-0.1, -0.05) is 0 Å². The Morgan fingerprint density at radius 2 is 2.43 bits per heavy atom. The van der Waals surface area contributed by atoms with Gasteiger partial charge in [0, 0.05) is 12.6 Å². The lowest BCUT2D eigenvalue weighted by Gasteiger charge is -2.11. The van der Waals surface area contributed by atoms with Gasteiger partial charge in [0.05, 0.1) is 18.0 Å². The molecule has 2 N–H and O–H groups in total. The summed E-state index contributed by atoms with van der Waals surface area (Å²) in [5.74, 6) is -0.194. The molecule has 0 spiro atoms. The van der Waals surface area contributed by atoms with Crippen molar-refractivity contribution in [2.24, 2.45) is 0 Å². The van der Waals surface area contributed by atoms with E-state index in [1.807, 2.05) is 6.92 Å². The van der Waals surface area contributed by atoms with Crippen molar-refractivity contribution in [3.63, 3.8) is 0 Å². The molecule has 0 aliphatic carbocycles. The van der Waals surface area contributed by atoms with Crippen LogP contribution < -0.4 is 5.32 Å². The fourth-order valence-corrected chi connectivity index (χ4v) is 0.998. The predicted molar refractivity (Wildman–Crippen MR) is 50.7 cm³/mol. The van der Waals surface area contributed by atoms with Crippen LogP contribution in [0.1, 0.15) is 23.7 Å². The molecule has 0 aliphatic heterocycles. The molecular formula is C9H13N3O2. The van der Waals surface area contributed by atoms with E-state index >= 15 is 0 Å². The lowest BCUT2D eigenvalue weighted by Crippen LogP contribution is -2.33. The molecule has 0 radical (unpaired) electrons. The third-order valence-electron chi connectivity index (χ3n) is 1.79. The molecule has 5 heteroatoms. The molecule has 1 rings (SSSR count). The second-order valence-corrected chi connectivity index (χ2v) is 3.02. The van der Waals surface area contributed by atoms with Gasteiger partial charge in [-0.15, -0.1) is 0 Å². The number of carbonyl (C=O) groups is 1. The molecule has 0 bridgehead atoms. The van der Waals surface area contributed by atoms with Crippen molar-refractivity contribution in [3.8, 4) is 0 Å². The number of carbonyl (C=O) groups excluding carboxylic acids is 1. The quantitative estimate of drug-likeness (QED) is 0.707. The normalized spacial score (nSPS) is 12.1. The number of aliphatic hydroxyl groups excluding tert-OH is 1. The van der Waals surface area contributed by atoms with Crippen molar-refractivity contribution in [1.82, 2.24) is 15.5 Å². The first kappa shape index (κ1) is 10.6. The van der Waals surface area contributed by atoms with E-state index in [0.29, 0.717) is 12.0 Å². The molecule has 0 aromatic carbocycles. The number of aromatic nitrogens is 2. The van der Waals surface area contributed by atoms with Gasteiger partial charge in [-0.3, -0.25) is 4.79 Å². The zero-order valence-electron chi connectivity index (χ0n) is 7.97. The summed E-state index contributed by atoms with van der Waals surface area (Å²) in [5, 5.41) is 18.5. The predicted octanol–water partition coefficient (Wildman–Crippen LogP) is -0.0227. The van der Waals surface area contributed by atoms with E-state index in [4.69, 9.17) is 5.11 Å². The van der Waals surface area contributed by atoms with Crippen LogP contribution in [0.3, 0.4) is 0 Å². The Bertz CT molecular complexity index is 289. The number of aliphatic hydroxyl groups is 1. The lowest BCUT2D eigenvalue weighted by molar-refractivity contribution is 0.0934. The highest BCUT2D eigenvalue weighted by atomic mass is 16.3. The second kappa shape index (κ2) is 5.29. The third-order valence-corrected chi connectivity index (χ3v) is 1.79. The first-order chi connectivity index (χ1) is 6.74. The Balaban J connectivity index is 2.51. The highest BCUT2D eigenvalue weighted by molar-refractivity contribution is 5.93. The van der Waals surface area contributed by atoms with Crippen LogP contribution in [0.15, 0.2) is 18.5 Å². The summed E-state index contributed by atoms with van der Waals surface area (Å²) < 4.78 is 0. The van der Waals surface area contributed by atoms with Crippen LogP contribution in [0, 0.1) is 0 Å². The topological polar surface area (TPSA) is 75.1 Å². The van der Waals surface area contributed by atoms with E-state index in [1.54, 1.807) is 6.07 Å². The maximum atomic E-state index is 11.5. The van der Waals surface area contributed by atoms with E-state index in [2.05, 4.69) is 15.5 Å². The molecule has 76 valence electrons. The molecule has 1 atom stereocenters. The number of nitrogens with zero attached hydrogens (tertiary/aromatic N) is 2. The molecule has 0 aliphatic rings. The van der Waals surface area contributed by atoms with E-state index < -0.39 is 0 Å². The smallest absolute Gasteiger partial charge is 0.253 e. The molecular weight excluding hydrogens is 182 g/mol. The van der Waals surface area contributed by atoms with Crippen LogP contribution in [0.25, 0.3) is 0 Å². The highest BCUT2D eigenvalue weighted by Gasteiger charge is 2.08. The summed E-state index contributed by atoms with van der Waals surface area (Å²) in [6.07, 6.45) is 3.41. The van der Waals surface area contributed by atoms with Crippen molar-refractivity contribution < 1.29 is 9.90 Å². The number of amides is 1. The zero-order chi connectivity index (χ0) is 10.4. The number of hydrogen-bond donors (Lipinski definition) is 2. The summed E-state index contributed by atoms with van der Waals surface area (Å²) in [4.78, 5) is 11.5. The molecule has 14 heavy (non-hydrogen) atoms. The number of hydrogen-bond acceptors (Lipinski definition) is 4. The van der Waals surface area contributed by atoms with Crippen LogP contribution >= 0.6 is 0 Å². The Kier molecular flexibility index (Phi) is 4.00. The molecule has 1 aromatic rings. The minimum absolute atomic E-state index is 0.0411. The molecule has 1 aromatic heterocycles. The van der Waals surface area contributed by atoms with Gasteiger partial charge in [-0.25, -0.2) is 0 Å². The van der Waals surface area contributed by atoms with Gasteiger partial charge in [0.2, 0.25) is 0 Å². The fraction of sp³-hybridized carbons (Fsp3) is 0.444. The minimum Gasteiger partial charge on any atom is -0.396 e. The first-order valence-corrected chi connectivity index (χ1v) is 4.42. The van der Waals surface area contributed by atoms with Gasteiger partial charge in [0.15, 0.2) is 0 Å². The Labute approximate surface area is 82.2 Å². The number of rotatable bonds is 4. The van der Waals surface area contributed by atoms with E-state index in [0.717, 1.165) is 0 Å². The highest BCUT2D eigenvalue weighted by Crippen LogP contribution is 1.96. The average Bonchev–Trinajstić information content (AvgIpc) is 2.19. The minimum atomic E-state index is -0.194. The molecule has 1 heterocycles. The van der Waals surface area contributed by atoms with Crippen molar-refractivity contribution >= 4 is 5.91 Å². The van der Waals surface area contributed by atoms with Crippen LogP contribution in [-0.4, -0.2) is 33.9 Å². The Morgan fingerprint density at radius 3 is 3.00 bits per heavy atom. The number of nitrogens with one attached hydrogen (secondary N) is 1. The second-order valence-electron chi connectivity index (χ2n) is 3.02. The molecule has 5 nitrogen and oxygen atoms in total. The average molecular weight is 195 g/mol. The van der Waals surface area contributed by atoms with Gasteiger partial charge in [0.1, 0.15) is 0 Å². The molecule has 1 unspecified atom stereocenters. The van der Waals surface area contributed by atoms with Gasteiger partial charge >= 0.3 is 0 Å². The van der Waals surface area contributed by atoms with Gasteiger partial charge in [0.25, 0.3) is 5.91 Å². The van der Waals surface area contributed by atoms with E-state index in [-0.39, 0.29) is 18.6 Å². The van der Waals surface area contributed by atoms with Crippen LogP contribution in [0.5, 0.6) is 0 Å².